The Morgan fingerprint density at radius 2 is 1.88 bits per heavy atom. The smallest absolute Gasteiger partial charge is 0.255 e. The van der Waals surface area contributed by atoms with E-state index in [1.54, 1.807) is 0 Å². The van der Waals surface area contributed by atoms with Crippen LogP contribution in [0.15, 0.2) is 16.7 Å². The Morgan fingerprint density at radius 1 is 1.23 bits per heavy atom. The number of nitrogens with zero attached hydrogens (tertiary/aromatic N) is 4. The molecule has 1 saturated heterocycles. The quantitative estimate of drug-likeness (QED) is 0.841. The molecule has 0 atom stereocenters. The number of carbonyl (C=O) groups is 1. The summed E-state index contributed by atoms with van der Waals surface area (Å²) in [5.74, 6) is 1.58. The molecule has 0 aromatic carbocycles. The zero-order chi connectivity index (χ0) is 19.0. The van der Waals surface area contributed by atoms with Gasteiger partial charge in [-0.2, -0.15) is 0 Å². The van der Waals surface area contributed by atoms with Crippen molar-refractivity contribution in [2.24, 2.45) is 0 Å². The zero-order valence-electron chi connectivity index (χ0n) is 16.7. The van der Waals surface area contributed by atoms with Crippen LogP contribution < -0.4 is 0 Å². The third-order valence-corrected chi connectivity index (χ3v) is 5.60. The van der Waals surface area contributed by atoms with Gasteiger partial charge in [-0.1, -0.05) is 5.16 Å². The van der Waals surface area contributed by atoms with Crippen molar-refractivity contribution in [1.29, 1.82) is 0 Å². The second-order valence-corrected chi connectivity index (χ2v) is 7.69. The molecule has 3 heterocycles. The van der Waals surface area contributed by atoms with Gasteiger partial charge in [-0.25, -0.2) is 0 Å². The van der Waals surface area contributed by atoms with Crippen LogP contribution in [0.25, 0.3) is 5.82 Å². The first-order valence-corrected chi connectivity index (χ1v) is 9.43. The maximum absolute atomic E-state index is 13.1. The van der Waals surface area contributed by atoms with E-state index in [1.807, 2.05) is 49.4 Å². The summed E-state index contributed by atoms with van der Waals surface area (Å²) in [6, 6.07) is 4.72. The Morgan fingerprint density at radius 3 is 2.42 bits per heavy atom. The van der Waals surface area contributed by atoms with Gasteiger partial charge in [0.05, 0.1) is 5.56 Å². The minimum atomic E-state index is 0.0903. The molecular weight excluding hydrogens is 328 g/mol. The molecule has 2 aromatic heterocycles. The fourth-order valence-electron chi connectivity index (χ4n) is 3.94. The maximum Gasteiger partial charge on any atom is 0.255 e. The van der Waals surface area contributed by atoms with E-state index in [0.29, 0.717) is 12.1 Å². The molecule has 0 N–H and O–H groups in total. The highest BCUT2D eigenvalue weighted by Gasteiger charge is 2.29. The number of aromatic nitrogens is 2. The van der Waals surface area contributed by atoms with Gasteiger partial charge < -0.3 is 14.3 Å². The minimum Gasteiger partial charge on any atom is -0.360 e. The lowest BCUT2D eigenvalue weighted by atomic mass is 10.0. The van der Waals surface area contributed by atoms with E-state index in [1.165, 1.54) is 0 Å². The van der Waals surface area contributed by atoms with Crippen LogP contribution in [0.2, 0.25) is 0 Å². The van der Waals surface area contributed by atoms with E-state index in [4.69, 9.17) is 4.52 Å². The number of aryl methyl sites for hydroxylation is 2. The topological polar surface area (TPSA) is 54.5 Å². The third kappa shape index (κ3) is 3.43. The first kappa shape index (κ1) is 18.7. The molecule has 0 spiro atoms. The molecule has 3 rings (SSSR count). The number of hydrogen-bond donors (Lipinski definition) is 0. The van der Waals surface area contributed by atoms with Gasteiger partial charge in [-0.05, 0) is 53.5 Å². The highest BCUT2D eigenvalue weighted by molar-refractivity contribution is 5.96. The lowest BCUT2D eigenvalue weighted by molar-refractivity contribution is 0.0614. The normalized spacial score (nSPS) is 16.4. The van der Waals surface area contributed by atoms with Crippen molar-refractivity contribution in [3.63, 3.8) is 0 Å². The van der Waals surface area contributed by atoms with E-state index >= 15 is 0 Å². The van der Waals surface area contributed by atoms with Crippen molar-refractivity contribution in [2.75, 3.05) is 20.1 Å². The predicted octanol–water partition coefficient (Wildman–Crippen LogP) is 3.34. The summed E-state index contributed by atoms with van der Waals surface area (Å²) in [5, 5.41) is 4.10. The first-order chi connectivity index (χ1) is 12.3. The molecule has 6 nitrogen and oxygen atoms in total. The average molecular weight is 358 g/mol. The molecule has 1 fully saturated rings. The van der Waals surface area contributed by atoms with Crippen LogP contribution in [0.4, 0.5) is 0 Å². The lowest BCUT2D eigenvalue weighted by Crippen LogP contribution is -2.47. The molecule has 0 saturated carbocycles. The number of piperidine rings is 1. The number of rotatable bonds is 4. The van der Waals surface area contributed by atoms with Crippen molar-refractivity contribution in [2.45, 2.75) is 59.5 Å². The summed E-state index contributed by atoms with van der Waals surface area (Å²) in [5.41, 5.74) is 2.64. The number of carbonyl (C=O) groups excluding carboxylic acids is 1. The lowest BCUT2D eigenvalue weighted by Gasteiger charge is -2.38. The van der Waals surface area contributed by atoms with Crippen molar-refractivity contribution in [3.8, 4) is 5.82 Å². The van der Waals surface area contributed by atoms with E-state index in [9.17, 15) is 4.79 Å². The molecule has 1 aliphatic heterocycles. The zero-order valence-corrected chi connectivity index (χ0v) is 16.7. The predicted molar refractivity (Wildman–Crippen MR) is 102 cm³/mol. The molecule has 0 aliphatic carbocycles. The number of likely N-dealkylation sites (tertiary alicyclic amines) is 1. The second kappa shape index (κ2) is 7.27. The average Bonchev–Trinajstić information content (AvgIpc) is 3.16. The molecule has 6 heteroatoms. The van der Waals surface area contributed by atoms with Gasteiger partial charge in [0, 0.05) is 49.7 Å². The molecule has 1 amide bonds. The Bertz CT molecular complexity index is 782. The van der Waals surface area contributed by atoms with Crippen LogP contribution in [0.3, 0.4) is 0 Å². The van der Waals surface area contributed by atoms with Gasteiger partial charge in [0.1, 0.15) is 5.76 Å². The van der Waals surface area contributed by atoms with Crippen LogP contribution >= 0.6 is 0 Å². The molecule has 0 radical (unpaired) electrons. The molecule has 2 aromatic rings. The van der Waals surface area contributed by atoms with Crippen LogP contribution in [-0.2, 0) is 0 Å². The van der Waals surface area contributed by atoms with E-state index in [0.717, 1.165) is 54.5 Å². The molecule has 0 unspecified atom stereocenters. The Labute approximate surface area is 155 Å². The van der Waals surface area contributed by atoms with Crippen LogP contribution in [-0.4, -0.2) is 57.7 Å². The summed E-state index contributed by atoms with van der Waals surface area (Å²) in [4.78, 5) is 17.5. The number of hydrogen-bond acceptors (Lipinski definition) is 4. The van der Waals surface area contributed by atoms with Crippen molar-refractivity contribution >= 4 is 5.91 Å². The summed E-state index contributed by atoms with van der Waals surface area (Å²) < 4.78 is 7.18. The molecule has 0 bridgehead atoms. The highest BCUT2D eigenvalue weighted by Crippen LogP contribution is 2.24. The summed E-state index contributed by atoms with van der Waals surface area (Å²) in [7, 11) is 1.93. The molecule has 1 aliphatic rings. The van der Waals surface area contributed by atoms with Crippen LogP contribution in [0, 0.1) is 20.8 Å². The maximum atomic E-state index is 13.1. The second-order valence-electron chi connectivity index (χ2n) is 7.69. The van der Waals surface area contributed by atoms with E-state index in [-0.39, 0.29) is 5.91 Å². The molecular formula is C20H30N4O2. The monoisotopic (exact) mass is 358 g/mol. The van der Waals surface area contributed by atoms with E-state index < -0.39 is 0 Å². The fourth-order valence-corrected chi connectivity index (χ4v) is 3.94. The molecule has 26 heavy (non-hydrogen) atoms. The van der Waals surface area contributed by atoms with Crippen molar-refractivity contribution < 1.29 is 9.32 Å². The first-order valence-electron chi connectivity index (χ1n) is 9.43. The van der Waals surface area contributed by atoms with Gasteiger partial charge in [0.25, 0.3) is 5.91 Å². The Hall–Kier alpha value is -2.08. The summed E-state index contributed by atoms with van der Waals surface area (Å²) in [6.45, 7) is 12.4. The Kier molecular flexibility index (Phi) is 5.23. The van der Waals surface area contributed by atoms with Crippen molar-refractivity contribution in [1.82, 2.24) is 19.5 Å². The van der Waals surface area contributed by atoms with Crippen LogP contribution in [0.5, 0.6) is 0 Å². The van der Waals surface area contributed by atoms with Gasteiger partial charge in [-0.3, -0.25) is 9.36 Å². The van der Waals surface area contributed by atoms with Gasteiger partial charge in [0.15, 0.2) is 5.82 Å². The summed E-state index contributed by atoms with van der Waals surface area (Å²) in [6.07, 6.45) is 2.06. The minimum absolute atomic E-state index is 0.0903. The van der Waals surface area contributed by atoms with Gasteiger partial charge in [-0.15, -0.1) is 0 Å². The molecule has 142 valence electrons. The highest BCUT2D eigenvalue weighted by atomic mass is 16.5. The standard InChI is InChI=1S/C20H30N4O2/c1-13(2)23-9-7-17(8-10-23)22(6)20(25)18-11-14(3)24(16(18)5)19-12-15(4)26-21-19/h11-13,17H,7-10H2,1-6H3. The van der Waals surface area contributed by atoms with Gasteiger partial charge in [0.2, 0.25) is 0 Å². The third-order valence-electron chi connectivity index (χ3n) is 5.60. The van der Waals surface area contributed by atoms with Crippen molar-refractivity contribution in [3.05, 3.63) is 34.8 Å². The van der Waals surface area contributed by atoms with Crippen LogP contribution in [0.1, 0.15) is 54.2 Å². The fraction of sp³-hybridized carbons (Fsp3) is 0.600. The SMILES string of the molecule is Cc1cc(-n2c(C)cc(C(=O)N(C)C3CCN(C(C)C)CC3)c2C)no1. The number of amides is 1. The summed E-state index contributed by atoms with van der Waals surface area (Å²) >= 11 is 0. The van der Waals surface area contributed by atoms with Gasteiger partial charge >= 0.3 is 0 Å². The largest absolute Gasteiger partial charge is 0.360 e. The van der Waals surface area contributed by atoms with E-state index in [2.05, 4.69) is 23.9 Å². The Balaban J connectivity index is 1.78.